The molecule has 1 heterocycles. The van der Waals surface area contributed by atoms with Gasteiger partial charge in [0.15, 0.2) is 6.04 Å². The summed E-state index contributed by atoms with van der Waals surface area (Å²) >= 11 is 1.51. The van der Waals surface area contributed by atoms with E-state index in [1.165, 1.54) is 11.3 Å². The molecule has 0 aliphatic rings. The molecule has 0 saturated carbocycles. The minimum absolute atomic E-state index is 0.403. The zero-order valence-electron chi connectivity index (χ0n) is 11.2. The van der Waals surface area contributed by atoms with E-state index in [9.17, 15) is 14.7 Å². The molecular weight excluding hydrogens is 290 g/mol. The molecule has 0 aliphatic carbocycles. The van der Waals surface area contributed by atoms with Crippen molar-refractivity contribution in [1.29, 1.82) is 0 Å². The van der Waals surface area contributed by atoms with Crippen LogP contribution in [0, 0.1) is 0 Å². The van der Waals surface area contributed by atoms with Crippen LogP contribution >= 0.6 is 11.3 Å². The Bertz CT molecular complexity index is 587. The molecule has 0 unspecified atom stereocenters. The average Bonchev–Trinajstić information content (AvgIpc) is 2.98. The average molecular weight is 305 g/mol. The van der Waals surface area contributed by atoms with Crippen molar-refractivity contribution in [3.05, 3.63) is 52.5 Å². The van der Waals surface area contributed by atoms with Crippen LogP contribution in [0.2, 0.25) is 0 Å². The number of carbonyl (C=O) groups is 2. The highest BCUT2D eigenvalue weighted by atomic mass is 32.1. The standard InChI is InChI=1S/C14H15N3O3S/c18-13(19)12(10-4-2-1-3-5-10)17-14(20)16-7-6-11-15-8-9-21-11/h1-5,8-9,12H,6-7H2,(H,18,19)(H2,16,17,20)/t12-/m1/s1. The molecule has 2 amide bonds. The van der Waals surface area contributed by atoms with E-state index in [-0.39, 0.29) is 0 Å². The Labute approximate surface area is 125 Å². The lowest BCUT2D eigenvalue weighted by atomic mass is 10.1. The van der Waals surface area contributed by atoms with Crippen molar-refractivity contribution >= 4 is 23.3 Å². The highest BCUT2D eigenvalue weighted by Crippen LogP contribution is 2.12. The van der Waals surface area contributed by atoms with Crippen molar-refractivity contribution in [2.45, 2.75) is 12.5 Å². The number of hydrogen-bond donors (Lipinski definition) is 3. The topological polar surface area (TPSA) is 91.3 Å². The number of nitrogens with one attached hydrogen (secondary N) is 2. The number of carboxylic acids is 1. The molecular formula is C14H15N3O3S. The van der Waals surface area contributed by atoms with Gasteiger partial charge in [0.05, 0.1) is 5.01 Å². The molecule has 6 nitrogen and oxygen atoms in total. The lowest BCUT2D eigenvalue weighted by Gasteiger charge is -2.15. The number of aromatic nitrogens is 1. The monoisotopic (exact) mass is 305 g/mol. The van der Waals surface area contributed by atoms with Crippen molar-refractivity contribution in [2.75, 3.05) is 6.54 Å². The number of aliphatic carboxylic acids is 1. The van der Waals surface area contributed by atoms with Crippen LogP contribution in [-0.4, -0.2) is 28.6 Å². The summed E-state index contributed by atoms with van der Waals surface area (Å²) in [5.74, 6) is -1.10. The number of benzene rings is 1. The Hall–Kier alpha value is -2.41. The fourth-order valence-corrected chi connectivity index (χ4v) is 2.40. The fraction of sp³-hybridized carbons (Fsp3) is 0.214. The Morgan fingerprint density at radius 2 is 2.05 bits per heavy atom. The lowest BCUT2D eigenvalue weighted by Crippen LogP contribution is -2.41. The van der Waals surface area contributed by atoms with Gasteiger partial charge in [-0.2, -0.15) is 0 Å². The molecule has 2 rings (SSSR count). The number of carbonyl (C=O) groups excluding carboxylic acids is 1. The van der Waals surface area contributed by atoms with Crippen molar-refractivity contribution in [1.82, 2.24) is 15.6 Å². The third kappa shape index (κ3) is 4.57. The smallest absolute Gasteiger partial charge is 0.330 e. The van der Waals surface area contributed by atoms with Gasteiger partial charge in [0.1, 0.15) is 0 Å². The van der Waals surface area contributed by atoms with Crippen molar-refractivity contribution in [3.8, 4) is 0 Å². The minimum Gasteiger partial charge on any atom is -0.479 e. The van der Waals surface area contributed by atoms with Crippen LogP contribution in [-0.2, 0) is 11.2 Å². The fourth-order valence-electron chi connectivity index (χ4n) is 1.77. The van der Waals surface area contributed by atoms with Crippen LogP contribution in [0.25, 0.3) is 0 Å². The van der Waals surface area contributed by atoms with E-state index >= 15 is 0 Å². The summed E-state index contributed by atoms with van der Waals surface area (Å²) < 4.78 is 0. The predicted octanol–water partition coefficient (Wildman–Crippen LogP) is 1.81. The predicted molar refractivity (Wildman–Crippen MR) is 79.2 cm³/mol. The zero-order chi connectivity index (χ0) is 15.1. The second-order valence-electron chi connectivity index (χ2n) is 4.26. The van der Waals surface area contributed by atoms with E-state index in [4.69, 9.17) is 0 Å². The maximum Gasteiger partial charge on any atom is 0.330 e. The molecule has 1 aromatic carbocycles. The first kappa shape index (κ1) is 15.0. The second-order valence-corrected chi connectivity index (χ2v) is 5.24. The molecule has 1 aromatic heterocycles. The molecule has 0 bridgehead atoms. The van der Waals surface area contributed by atoms with Gasteiger partial charge in [-0.15, -0.1) is 11.3 Å². The van der Waals surface area contributed by atoms with Gasteiger partial charge in [-0.25, -0.2) is 14.6 Å². The van der Waals surface area contributed by atoms with Crippen LogP contribution in [0.15, 0.2) is 41.9 Å². The van der Waals surface area contributed by atoms with Crippen LogP contribution < -0.4 is 10.6 Å². The van der Waals surface area contributed by atoms with Gasteiger partial charge < -0.3 is 15.7 Å². The van der Waals surface area contributed by atoms with E-state index in [0.717, 1.165) is 5.01 Å². The zero-order valence-corrected chi connectivity index (χ0v) is 12.0. The van der Waals surface area contributed by atoms with Crippen LogP contribution in [0.1, 0.15) is 16.6 Å². The Balaban J connectivity index is 1.85. The van der Waals surface area contributed by atoms with E-state index in [1.54, 1.807) is 36.5 Å². The van der Waals surface area contributed by atoms with Crippen molar-refractivity contribution in [3.63, 3.8) is 0 Å². The molecule has 0 saturated heterocycles. The first-order chi connectivity index (χ1) is 10.2. The normalized spacial score (nSPS) is 11.6. The molecule has 110 valence electrons. The number of nitrogens with zero attached hydrogens (tertiary/aromatic N) is 1. The summed E-state index contributed by atoms with van der Waals surface area (Å²) in [7, 11) is 0. The van der Waals surface area contributed by atoms with Gasteiger partial charge >= 0.3 is 12.0 Å². The Kier molecular flexibility index (Phi) is 5.28. The second kappa shape index (κ2) is 7.39. The number of amides is 2. The van der Waals surface area contributed by atoms with Gasteiger partial charge in [-0.3, -0.25) is 0 Å². The summed E-state index contributed by atoms with van der Waals surface area (Å²) in [5, 5.41) is 17.1. The van der Waals surface area contributed by atoms with E-state index < -0.39 is 18.0 Å². The Morgan fingerprint density at radius 1 is 1.29 bits per heavy atom. The highest BCUT2D eigenvalue weighted by molar-refractivity contribution is 7.09. The lowest BCUT2D eigenvalue weighted by molar-refractivity contribution is -0.139. The molecule has 0 aliphatic heterocycles. The van der Waals surface area contributed by atoms with Crippen molar-refractivity contribution in [2.24, 2.45) is 0 Å². The van der Waals surface area contributed by atoms with Crippen LogP contribution in [0.4, 0.5) is 4.79 Å². The molecule has 1 atom stereocenters. The van der Waals surface area contributed by atoms with Crippen molar-refractivity contribution < 1.29 is 14.7 Å². The van der Waals surface area contributed by atoms with Gasteiger partial charge in [0.25, 0.3) is 0 Å². The number of rotatable bonds is 6. The number of hydrogen-bond acceptors (Lipinski definition) is 4. The molecule has 2 aromatic rings. The van der Waals surface area contributed by atoms with Crippen LogP contribution in [0.5, 0.6) is 0 Å². The number of carboxylic acid groups (broad SMARTS) is 1. The summed E-state index contributed by atoms with van der Waals surface area (Å²) in [5.41, 5.74) is 0.528. The quantitative estimate of drug-likeness (QED) is 0.759. The van der Waals surface area contributed by atoms with Gasteiger partial charge in [0, 0.05) is 24.5 Å². The van der Waals surface area contributed by atoms with E-state index in [1.807, 2.05) is 5.38 Å². The SMILES string of the molecule is O=C(NCCc1nccs1)N[C@@H](C(=O)O)c1ccccc1. The molecule has 0 spiro atoms. The highest BCUT2D eigenvalue weighted by Gasteiger charge is 2.21. The maximum atomic E-state index is 11.8. The molecule has 0 radical (unpaired) electrons. The third-order valence-electron chi connectivity index (χ3n) is 2.76. The van der Waals surface area contributed by atoms with Gasteiger partial charge in [-0.1, -0.05) is 30.3 Å². The molecule has 0 fully saturated rings. The molecule has 3 N–H and O–H groups in total. The molecule has 21 heavy (non-hydrogen) atoms. The van der Waals surface area contributed by atoms with Gasteiger partial charge in [0.2, 0.25) is 0 Å². The van der Waals surface area contributed by atoms with E-state index in [2.05, 4.69) is 15.6 Å². The number of urea groups is 1. The number of thiazole rings is 1. The first-order valence-electron chi connectivity index (χ1n) is 6.37. The maximum absolute atomic E-state index is 11.8. The largest absolute Gasteiger partial charge is 0.479 e. The summed E-state index contributed by atoms with van der Waals surface area (Å²) in [6.45, 7) is 0.403. The van der Waals surface area contributed by atoms with E-state index in [0.29, 0.717) is 18.5 Å². The summed E-state index contributed by atoms with van der Waals surface area (Å²) in [6, 6.07) is 6.99. The molecule has 7 heteroatoms. The minimum atomic E-state index is -1.10. The summed E-state index contributed by atoms with van der Waals surface area (Å²) in [4.78, 5) is 27.1. The van der Waals surface area contributed by atoms with Gasteiger partial charge in [-0.05, 0) is 5.56 Å². The van der Waals surface area contributed by atoms with Crippen LogP contribution in [0.3, 0.4) is 0 Å². The first-order valence-corrected chi connectivity index (χ1v) is 7.25. The summed E-state index contributed by atoms with van der Waals surface area (Å²) in [6.07, 6.45) is 2.32. The third-order valence-corrected chi connectivity index (χ3v) is 3.60. The Morgan fingerprint density at radius 3 is 2.67 bits per heavy atom.